The van der Waals surface area contributed by atoms with Crippen molar-refractivity contribution in [3.05, 3.63) is 65.2 Å². The van der Waals surface area contributed by atoms with Crippen LogP contribution in [0.5, 0.6) is 5.75 Å². The van der Waals surface area contributed by atoms with E-state index in [-0.39, 0.29) is 12.0 Å². The maximum absolute atomic E-state index is 13.0. The van der Waals surface area contributed by atoms with E-state index in [4.69, 9.17) is 4.74 Å². The van der Waals surface area contributed by atoms with Crippen LogP contribution in [-0.4, -0.2) is 73.5 Å². The fourth-order valence-corrected chi connectivity index (χ4v) is 4.20. The fraction of sp³-hybridized carbons (Fsp3) is 0.519. The smallest absolute Gasteiger partial charge is 0.416 e. The molecule has 0 N–H and O–H groups in total. The van der Waals surface area contributed by atoms with E-state index in [0.29, 0.717) is 36.9 Å². The highest BCUT2D eigenvalue weighted by Gasteiger charge is 2.30. The monoisotopic (exact) mass is 491 g/mol. The zero-order valence-electron chi connectivity index (χ0n) is 21.0. The first-order valence-electron chi connectivity index (χ1n) is 12.2. The topological polar surface area (TPSA) is 36.0 Å². The Balaban J connectivity index is 1.68. The van der Waals surface area contributed by atoms with Gasteiger partial charge < -0.3 is 14.5 Å². The number of hydrogen-bond acceptors (Lipinski definition) is 4. The van der Waals surface area contributed by atoms with Gasteiger partial charge in [-0.2, -0.15) is 13.2 Å². The predicted molar refractivity (Wildman–Crippen MR) is 132 cm³/mol. The van der Waals surface area contributed by atoms with Gasteiger partial charge in [0.2, 0.25) is 0 Å². The number of amides is 1. The first-order valence-corrected chi connectivity index (χ1v) is 12.2. The van der Waals surface area contributed by atoms with Gasteiger partial charge in [0, 0.05) is 50.7 Å². The van der Waals surface area contributed by atoms with Gasteiger partial charge in [-0.1, -0.05) is 19.1 Å². The van der Waals surface area contributed by atoms with E-state index < -0.39 is 11.7 Å². The molecule has 0 spiro atoms. The summed E-state index contributed by atoms with van der Waals surface area (Å²) in [4.78, 5) is 19.4. The highest BCUT2D eigenvalue weighted by molar-refractivity contribution is 5.94. The third kappa shape index (κ3) is 7.45. The molecule has 1 fully saturated rings. The molecule has 2 aromatic carbocycles. The quantitative estimate of drug-likeness (QED) is 0.475. The van der Waals surface area contributed by atoms with Crippen LogP contribution in [0.4, 0.5) is 13.2 Å². The van der Waals surface area contributed by atoms with Gasteiger partial charge in [-0.3, -0.25) is 9.69 Å². The maximum atomic E-state index is 13.0. The van der Waals surface area contributed by atoms with Gasteiger partial charge in [0.25, 0.3) is 5.91 Å². The van der Waals surface area contributed by atoms with Crippen molar-refractivity contribution in [1.29, 1.82) is 0 Å². The predicted octanol–water partition coefficient (Wildman–Crippen LogP) is 5.33. The molecule has 0 radical (unpaired) electrons. The molecule has 35 heavy (non-hydrogen) atoms. The van der Waals surface area contributed by atoms with Crippen LogP contribution in [0.15, 0.2) is 48.5 Å². The van der Waals surface area contributed by atoms with E-state index in [9.17, 15) is 18.0 Å². The van der Waals surface area contributed by atoms with Gasteiger partial charge in [-0.05, 0) is 69.4 Å². The molecule has 8 heteroatoms. The van der Waals surface area contributed by atoms with E-state index in [2.05, 4.69) is 18.7 Å². The molecule has 1 aliphatic heterocycles. The second-order valence-electron chi connectivity index (χ2n) is 9.43. The first kappa shape index (κ1) is 27.0. The van der Waals surface area contributed by atoms with Crippen LogP contribution in [0.2, 0.25) is 0 Å². The third-order valence-corrected chi connectivity index (χ3v) is 6.64. The highest BCUT2D eigenvalue weighted by Crippen LogP contribution is 2.32. The Morgan fingerprint density at radius 3 is 2.11 bits per heavy atom. The minimum absolute atomic E-state index is 0.0221. The molecule has 1 aliphatic rings. The summed E-state index contributed by atoms with van der Waals surface area (Å²) in [7, 11) is 3.91. The van der Waals surface area contributed by atoms with Crippen LogP contribution in [-0.2, 0) is 6.18 Å². The van der Waals surface area contributed by atoms with Crippen molar-refractivity contribution in [2.24, 2.45) is 0 Å². The van der Waals surface area contributed by atoms with Crippen LogP contribution >= 0.6 is 0 Å². The van der Waals surface area contributed by atoms with E-state index >= 15 is 0 Å². The summed E-state index contributed by atoms with van der Waals surface area (Å²) in [6.45, 7) is 8.33. The average molecular weight is 492 g/mol. The summed E-state index contributed by atoms with van der Waals surface area (Å²) in [5, 5.41) is 0. The van der Waals surface area contributed by atoms with E-state index in [1.54, 1.807) is 0 Å². The number of hydrogen-bond donors (Lipinski definition) is 0. The maximum Gasteiger partial charge on any atom is 0.416 e. The Kier molecular flexibility index (Phi) is 9.19. The van der Waals surface area contributed by atoms with Crippen molar-refractivity contribution in [2.75, 3.05) is 46.8 Å². The van der Waals surface area contributed by atoms with E-state index in [1.165, 1.54) is 12.1 Å². The molecule has 2 unspecified atom stereocenters. The molecule has 5 nitrogen and oxygen atoms in total. The fourth-order valence-electron chi connectivity index (χ4n) is 4.20. The average Bonchev–Trinajstić information content (AvgIpc) is 2.85. The minimum Gasteiger partial charge on any atom is -0.486 e. The van der Waals surface area contributed by atoms with Crippen LogP contribution in [0.1, 0.15) is 54.3 Å². The summed E-state index contributed by atoms with van der Waals surface area (Å²) < 4.78 is 44.7. The Morgan fingerprint density at radius 1 is 1.00 bits per heavy atom. The molecule has 2 aromatic rings. The number of halogens is 3. The number of ether oxygens (including phenoxy) is 1. The van der Waals surface area contributed by atoms with Crippen molar-refractivity contribution in [3.8, 4) is 5.75 Å². The Bertz CT molecular complexity index is 938. The molecule has 3 rings (SSSR count). The summed E-state index contributed by atoms with van der Waals surface area (Å²) in [6, 6.07) is 12.7. The SMILES string of the molecule is CCC(C)N1CCN(C(=O)c2ccc(C(CCN(C)C)Oc3ccc(C(F)(F)F)cc3)cc2)CC1. The van der Waals surface area contributed by atoms with Crippen LogP contribution in [0.25, 0.3) is 0 Å². The normalized spacial score (nSPS) is 16.9. The molecule has 0 aliphatic carbocycles. The van der Waals surface area contributed by atoms with Crippen molar-refractivity contribution in [1.82, 2.24) is 14.7 Å². The number of alkyl halides is 3. The number of carbonyl (C=O) groups excluding carboxylic acids is 1. The number of benzene rings is 2. The Morgan fingerprint density at radius 2 is 1.60 bits per heavy atom. The second kappa shape index (κ2) is 11.9. The van der Waals surface area contributed by atoms with Crippen molar-refractivity contribution in [2.45, 2.75) is 45.0 Å². The summed E-state index contributed by atoms with van der Waals surface area (Å²) in [5.41, 5.74) is 0.805. The molecular weight excluding hydrogens is 455 g/mol. The van der Waals surface area contributed by atoms with Gasteiger partial charge in [-0.25, -0.2) is 0 Å². The van der Waals surface area contributed by atoms with Crippen molar-refractivity contribution in [3.63, 3.8) is 0 Å². The molecular formula is C27H36F3N3O2. The zero-order chi connectivity index (χ0) is 25.6. The largest absolute Gasteiger partial charge is 0.486 e. The lowest BCUT2D eigenvalue weighted by atomic mass is 10.0. The van der Waals surface area contributed by atoms with Crippen LogP contribution < -0.4 is 4.74 Å². The molecule has 1 saturated heterocycles. The van der Waals surface area contributed by atoms with Crippen LogP contribution in [0.3, 0.4) is 0 Å². The molecule has 1 amide bonds. The highest BCUT2D eigenvalue weighted by atomic mass is 19.4. The minimum atomic E-state index is -4.38. The molecule has 2 atom stereocenters. The summed E-state index contributed by atoms with van der Waals surface area (Å²) >= 11 is 0. The molecule has 192 valence electrons. The summed E-state index contributed by atoms with van der Waals surface area (Å²) in [5.74, 6) is 0.398. The van der Waals surface area contributed by atoms with Gasteiger partial charge >= 0.3 is 6.18 Å². The third-order valence-electron chi connectivity index (χ3n) is 6.64. The van der Waals surface area contributed by atoms with E-state index in [1.807, 2.05) is 48.2 Å². The summed E-state index contributed by atoms with van der Waals surface area (Å²) in [6.07, 6.45) is -2.98. The van der Waals surface area contributed by atoms with Gasteiger partial charge in [0.1, 0.15) is 11.9 Å². The number of piperazine rings is 1. The molecule has 0 saturated carbocycles. The van der Waals surface area contributed by atoms with Crippen molar-refractivity contribution < 1.29 is 22.7 Å². The first-order chi connectivity index (χ1) is 16.6. The lowest BCUT2D eigenvalue weighted by molar-refractivity contribution is -0.137. The second-order valence-corrected chi connectivity index (χ2v) is 9.43. The van der Waals surface area contributed by atoms with Gasteiger partial charge in [0.05, 0.1) is 5.56 Å². The Labute approximate surface area is 206 Å². The molecule has 0 aromatic heterocycles. The molecule has 0 bridgehead atoms. The lowest BCUT2D eigenvalue weighted by Gasteiger charge is -2.37. The van der Waals surface area contributed by atoms with Gasteiger partial charge in [0.15, 0.2) is 0 Å². The van der Waals surface area contributed by atoms with E-state index in [0.717, 1.165) is 43.8 Å². The van der Waals surface area contributed by atoms with Crippen molar-refractivity contribution >= 4 is 5.91 Å². The number of carbonyl (C=O) groups is 1. The number of rotatable bonds is 9. The van der Waals surface area contributed by atoms with Gasteiger partial charge in [-0.15, -0.1) is 0 Å². The zero-order valence-corrected chi connectivity index (χ0v) is 21.0. The lowest BCUT2D eigenvalue weighted by Crippen LogP contribution is -2.51. The number of nitrogens with zero attached hydrogens (tertiary/aromatic N) is 3. The standard InChI is InChI=1S/C27H36F3N3O2/c1-5-20(2)32-16-18-33(19-17-32)26(34)22-8-6-21(7-9-22)25(14-15-31(3)4)35-24-12-10-23(11-13-24)27(28,29)30/h6-13,20,25H,5,14-19H2,1-4H3. The molecule has 1 heterocycles. The Hall–Kier alpha value is -2.58. The van der Waals surface area contributed by atoms with Crippen LogP contribution in [0, 0.1) is 0 Å².